The lowest BCUT2D eigenvalue weighted by Gasteiger charge is -2.43. The molecule has 0 saturated carbocycles. The SMILES string of the molecule is C[SH](CS)N1CC(F)(F)C1. The lowest BCUT2D eigenvalue weighted by molar-refractivity contribution is -0.0912. The minimum atomic E-state index is -2.42. The van der Waals surface area contributed by atoms with Gasteiger partial charge in [0.25, 0.3) is 5.92 Å². The van der Waals surface area contributed by atoms with Crippen molar-refractivity contribution in [3.63, 3.8) is 0 Å². The van der Waals surface area contributed by atoms with Gasteiger partial charge in [0.2, 0.25) is 0 Å². The Labute approximate surface area is 67.7 Å². The van der Waals surface area contributed by atoms with Gasteiger partial charge in [-0.15, -0.1) is 0 Å². The number of thiol groups is 2. The predicted octanol–water partition coefficient (Wildman–Crippen LogP) is 1.37. The Balaban J connectivity index is 2.26. The molecule has 10 heavy (non-hydrogen) atoms. The Bertz CT molecular complexity index is 123. The monoisotopic (exact) mass is 187 g/mol. The second-order valence-electron chi connectivity index (χ2n) is 2.48. The fourth-order valence-electron chi connectivity index (χ4n) is 0.819. The van der Waals surface area contributed by atoms with Gasteiger partial charge in [0.1, 0.15) is 0 Å². The Morgan fingerprint density at radius 2 is 2.10 bits per heavy atom. The maximum Gasteiger partial charge on any atom is 0.274 e. The van der Waals surface area contributed by atoms with Crippen molar-refractivity contribution in [2.45, 2.75) is 5.92 Å². The number of halogens is 2. The van der Waals surface area contributed by atoms with E-state index >= 15 is 0 Å². The Hall–Kier alpha value is 0.520. The first-order valence-electron chi connectivity index (χ1n) is 3.00. The molecule has 0 amide bonds. The highest BCUT2D eigenvalue weighted by molar-refractivity contribution is 8.21. The Morgan fingerprint density at radius 1 is 1.60 bits per heavy atom. The van der Waals surface area contributed by atoms with E-state index in [4.69, 9.17) is 0 Å². The van der Waals surface area contributed by atoms with E-state index in [2.05, 4.69) is 12.6 Å². The molecule has 0 bridgehead atoms. The summed E-state index contributed by atoms with van der Waals surface area (Å²) in [6, 6.07) is 0. The predicted molar refractivity (Wildman–Crippen MR) is 45.3 cm³/mol. The van der Waals surface area contributed by atoms with E-state index in [1.165, 1.54) is 0 Å². The number of alkyl halides is 2. The van der Waals surface area contributed by atoms with Crippen molar-refractivity contribution in [2.24, 2.45) is 0 Å². The first-order valence-corrected chi connectivity index (χ1v) is 5.56. The van der Waals surface area contributed by atoms with Gasteiger partial charge in [-0.1, -0.05) is 0 Å². The van der Waals surface area contributed by atoms with Gasteiger partial charge < -0.3 is 0 Å². The number of hydrogen-bond donors (Lipinski definition) is 2. The first kappa shape index (κ1) is 8.62. The molecule has 1 aliphatic heterocycles. The fourth-order valence-corrected chi connectivity index (χ4v) is 2.43. The molecule has 0 spiro atoms. The molecule has 0 aromatic rings. The van der Waals surface area contributed by atoms with Gasteiger partial charge in [-0.3, -0.25) is 4.31 Å². The third-order valence-corrected chi connectivity index (χ3v) is 4.40. The summed E-state index contributed by atoms with van der Waals surface area (Å²) in [6.07, 6.45) is 1.97. The highest BCUT2D eigenvalue weighted by Crippen LogP contribution is 2.39. The summed E-state index contributed by atoms with van der Waals surface area (Å²) in [4.78, 5) is 0. The standard InChI is InChI=1S/C5H11F2NS2/c1-10(4-9)8-2-5(6,7)3-8/h9-10H,2-4H2,1H3. The summed E-state index contributed by atoms with van der Waals surface area (Å²) in [5.41, 5.74) is 0. The van der Waals surface area contributed by atoms with Crippen molar-refractivity contribution in [3.8, 4) is 0 Å². The van der Waals surface area contributed by atoms with Crippen molar-refractivity contribution in [1.82, 2.24) is 4.31 Å². The highest BCUT2D eigenvalue weighted by atomic mass is 32.2. The van der Waals surface area contributed by atoms with Crippen LogP contribution >= 0.6 is 23.7 Å². The van der Waals surface area contributed by atoms with E-state index in [-0.39, 0.29) is 13.1 Å². The molecule has 1 heterocycles. The third kappa shape index (κ3) is 1.77. The lowest BCUT2D eigenvalue weighted by Crippen LogP contribution is -2.54. The summed E-state index contributed by atoms with van der Waals surface area (Å²) in [6.45, 7) is -0.120. The van der Waals surface area contributed by atoms with E-state index in [0.717, 1.165) is 0 Å². The van der Waals surface area contributed by atoms with Crippen LogP contribution in [0.3, 0.4) is 0 Å². The van der Waals surface area contributed by atoms with Gasteiger partial charge in [0.15, 0.2) is 0 Å². The minimum absolute atomic E-state index is 0.0598. The molecule has 0 aliphatic carbocycles. The maximum absolute atomic E-state index is 12.2. The lowest BCUT2D eigenvalue weighted by atomic mass is 10.2. The molecule has 0 aromatic carbocycles. The zero-order chi connectivity index (χ0) is 7.78. The van der Waals surface area contributed by atoms with Crippen LogP contribution in [0.4, 0.5) is 8.78 Å². The molecule has 0 aromatic heterocycles. The smallest absolute Gasteiger partial charge is 0.257 e. The summed E-state index contributed by atoms with van der Waals surface area (Å²) in [5.74, 6) is -2.42. The molecule has 0 N–H and O–H groups in total. The van der Waals surface area contributed by atoms with E-state index in [0.29, 0.717) is 5.08 Å². The molecule has 5 heteroatoms. The van der Waals surface area contributed by atoms with Crippen molar-refractivity contribution in [2.75, 3.05) is 24.4 Å². The average Bonchev–Trinajstić information content (AvgIpc) is 1.81. The molecule has 1 fully saturated rings. The topological polar surface area (TPSA) is 3.24 Å². The van der Waals surface area contributed by atoms with E-state index in [9.17, 15) is 8.78 Å². The van der Waals surface area contributed by atoms with Crippen LogP contribution in [0.25, 0.3) is 0 Å². The number of hydrogen-bond acceptors (Lipinski definition) is 2. The van der Waals surface area contributed by atoms with Gasteiger partial charge in [0, 0.05) is 5.08 Å². The molecular formula is C5H11F2NS2. The molecule has 1 atom stereocenters. The zero-order valence-electron chi connectivity index (χ0n) is 5.72. The largest absolute Gasteiger partial charge is 0.274 e. The van der Waals surface area contributed by atoms with Gasteiger partial charge in [0.05, 0.1) is 13.1 Å². The maximum atomic E-state index is 12.2. The zero-order valence-corrected chi connectivity index (χ0v) is 7.51. The molecule has 62 valence electrons. The summed E-state index contributed by atoms with van der Waals surface area (Å²) < 4.78 is 26.3. The molecule has 1 nitrogen and oxygen atoms in total. The molecular weight excluding hydrogens is 176 g/mol. The second kappa shape index (κ2) is 2.87. The number of rotatable bonds is 2. The van der Waals surface area contributed by atoms with Crippen LogP contribution in [0.2, 0.25) is 0 Å². The van der Waals surface area contributed by atoms with Crippen molar-refractivity contribution >= 4 is 23.7 Å². The Morgan fingerprint density at radius 3 is 2.40 bits per heavy atom. The van der Waals surface area contributed by atoms with Crippen LogP contribution in [0.5, 0.6) is 0 Å². The van der Waals surface area contributed by atoms with Crippen molar-refractivity contribution < 1.29 is 8.78 Å². The average molecular weight is 187 g/mol. The van der Waals surface area contributed by atoms with Gasteiger partial charge in [-0.25, -0.2) is 8.78 Å². The molecule has 1 aliphatic rings. The van der Waals surface area contributed by atoms with Crippen LogP contribution in [0, 0.1) is 0 Å². The summed E-state index contributed by atoms with van der Waals surface area (Å²) in [5, 5.41) is 0.714. The van der Waals surface area contributed by atoms with E-state index in [1.807, 2.05) is 6.26 Å². The highest BCUT2D eigenvalue weighted by Gasteiger charge is 2.44. The Kier molecular flexibility index (Phi) is 2.47. The van der Waals surface area contributed by atoms with Crippen molar-refractivity contribution in [1.29, 1.82) is 0 Å². The van der Waals surface area contributed by atoms with Crippen LogP contribution < -0.4 is 0 Å². The second-order valence-corrected chi connectivity index (χ2v) is 5.49. The normalized spacial score (nSPS) is 29.4. The summed E-state index contributed by atoms with van der Waals surface area (Å²) in [7, 11) is 0. The third-order valence-electron chi connectivity index (χ3n) is 1.52. The fraction of sp³-hybridized carbons (Fsp3) is 1.00. The molecule has 0 radical (unpaired) electrons. The van der Waals surface area contributed by atoms with E-state index < -0.39 is 17.0 Å². The van der Waals surface area contributed by atoms with Crippen LogP contribution in [0.1, 0.15) is 0 Å². The van der Waals surface area contributed by atoms with E-state index in [1.54, 1.807) is 4.31 Å². The molecule has 1 rings (SSSR count). The minimum Gasteiger partial charge on any atom is -0.257 e. The molecule has 1 unspecified atom stereocenters. The van der Waals surface area contributed by atoms with Crippen LogP contribution in [0.15, 0.2) is 0 Å². The van der Waals surface area contributed by atoms with Crippen LogP contribution in [-0.4, -0.2) is 34.7 Å². The molecule has 1 saturated heterocycles. The first-order chi connectivity index (χ1) is 4.55. The quantitative estimate of drug-likeness (QED) is 0.618. The van der Waals surface area contributed by atoms with Gasteiger partial charge >= 0.3 is 0 Å². The van der Waals surface area contributed by atoms with Crippen LogP contribution in [-0.2, 0) is 0 Å². The number of nitrogens with zero attached hydrogens (tertiary/aromatic N) is 1. The van der Waals surface area contributed by atoms with Gasteiger partial charge in [-0.2, -0.15) is 23.7 Å². The summed E-state index contributed by atoms with van der Waals surface area (Å²) >= 11 is 3.65. The van der Waals surface area contributed by atoms with Gasteiger partial charge in [-0.05, 0) is 6.26 Å². The van der Waals surface area contributed by atoms with Crippen molar-refractivity contribution in [3.05, 3.63) is 0 Å².